The van der Waals surface area contributed by atoms with Gasteiger partial charge in [-0.1, -0.05) is 31.9 Å². The third kappa shape index (κ3) is 2.49. The number of unbranched alkanes of at least 4 members (excludes halogenated alkanes) is 2. The minimum Gasteiger partial charge on any atom is -0.267 e. The molecule has 2 rings (SSSR count). The molecule has 0 spiro atoms. The summed E-state index contributed by atoms with van der Waals surface area (Å²) in [5.74, 6) is 0.483. The fourth-order valence-electron chi connectivity index (χ4n) is 1.80. The van der Waals surface area contributed by atoms with Crippen LogP contribution in [-0.2, 0) is 10.0 Å². The maximum absolute atomic E-state index is 11.8. The Morgan fingerprint density at radius 3 is 2.76 bits per heavy atom. The number of amidine groups is 1. The van der Waals surface area contributed by atoms with Crippen LogP contribution in [0.3, 0.4) is 0 Å². The highest BCUT2D eigenvalue weighted by atomic mass is 32.2. The molecule has 0 aliphatic carbocycles. The maximum atomic E-state index is 11.8. The molecule has 0 bridgehead atoms. The molecule has 0 unspecified atom stereocenters. The lowest BCUT2D eigenvalue weighted by molar-refractivity contribution is 0.595. The molecular formula is C12H16N2O2S. The van der Waals surface area contributed by atoms with E-state index in [2.05, 4.69) is 16.6 Å². The van der Waals surface area contributed by atoms with Crippen molar-refractivity contribution in [2.24, 2.45) is 4.99 Å². The Kier molecular flexibility index (Phi) is 3.47. The molecule has 1 aliphatic rings. The van der Waals surface area contributed by atoms with E-state index in [1.54, 1.807) is 18.2 Å². The van der Waals surface area contributed by atoms with Gasteiger partial charge in [0.05, 0.1) is 4.90 Å². The Labute approximate surface area is 102 Å². The average Bonchev–Trinajstić information content (AvgIpc) is 2.58. The second kappa shape index (κ2) is 4.87. The molecule has 17 heavy (non-hydrogen) atoms. The van der Waals surface area contributed by atoms with Crippen LogP contribution in [0.2, 0.25) is 0 Å². The molecule has 0 radical (unpaired) electrons. The van der Waals surface area contributed by atoms with Gasteiger partial charge in [0.1, 0.15) is 5.84 Å². The molecule has 1 heterocycles. The van der Waals surface area contributed by atoms with Gasteiger partial charge in [-0.3, -0.25) is 9.71 Å². The molecule has 92 valence electrons. The molecule has 0 aromatic heterocycles. The van der Waals surface area contributed by atoms with E-state index < -0.39 is 10.0 Å². The third-order valence-electron chi connectivity index (χ3n) is 2.69. The third-order valence-corrected chi connectivity index (χ3v) is 4.09. The summed E-state index contributed by atoms with van der Waals surface area (Å²) in [6, 6.07) is 6.93. The minimum absolute atomic E-state index is 0.328. The lowest BCUT2D eigenvalue weighted by Crippen LogP contribution is -2.22. The van der Waals surface area contributed by atoms with Crippen LogP contribution in [0.5, 0.6) is 0 Å². The first-order chi connectivity index (χ1) is 8.15. The molecule has 0 amide bonds. The Morgan fingerprint density at radius 1 is 1.24 bits per heavy atom. The highest BCUT2D eigenvalue weighted by molar-refractivity contribution is 7.90. The zero-order valence-corrected chi connectivity index (χ0v) is 10.6. The number of fused-ring (bicyclic) bond motifs is 1. The summed E-state index contributed by atoms with van der Waals surface area (Å²) in [5.41, 5.74) is 0.684. The molecule has 5 heteroatoms. The van der Waals surface area contributed by atoms with E-state index in [9.17, 15) is 8.42 Å². The number of sulfonamides is 1. The van der Waals surface area contributed by atoms with Crippen LogP contribution in [0.1, 0.15) is 31.7 Å². The van der Waals surface area contributed by atoms with Crippen LogP contribution in [0.15, 0.2) is 34.2 Å². The quantitative estimate of drug-likeness (QED) is 0.832. The van der Waals surface area contributed by atoms with Crippen molar-refractivity contribution in [1.82, 2.24) is 4.72 Å². The summed E-state index contributed by atoms with van der Waals surface area (Å²) in [6.45, 7) is 2.79. The normalized spacial score (nSPS) is 19.0. The number of hydrogen-bond acceptors (Lipinski definition) is 3. The lowest BCUT2D eigenvalue weighted by atomic mass is 10.2. The van der Waals surface area contributed by atoms with Gasteiger partial charge in [0.25, 0.3) is 10.0 Å². The van der Waals surface area contributed by atoms with Gasteiger partial charge in [0, 0.05) is 12.1 Å². The van der Waals surface area contributed by atoms with Gasteiger partial charge < -0.3 is 0 Å². The SMILES string of the molecule is CCCCCN=C1NS(=O)(=O)c2ccccc21. The van der Waals surface area contributed by atoms with E-state index in [0.29, 0.717) is 22.8 Å². The first-order valence-corrected chi connectivity index (χ1v) is 7.30. The molecule has 4 nitrogen and oxygen atoms in total. The number of aliphatic imine (C=N–C) groups is 1. The van der Waals surface area contributed by atoms with E-state index in [1.165, 1.54) is 0 Å². The van der Waals surface area contributed by atoms with Crippen molar-refractivity contribution in [2.45, 2.75) is 31.1 Å². The van der Waals surface area contributed by atoms with Gasteiger partial charge in [0.15, 0.2) is 0 Å². The first-order valence-electron chi connectivity index (χ1n) is 5.82. The van der Waals surface area contributed by atoms with Gasteiger partial charge >= 0.3 is 0 Å². The zero-order valence-electron chi connectivity index (χ0n) is 9.81. The topological polar surface area (TPSA) is 58.5 Å². The summed E-state index contributed by atoms with van der Waals surface area (Å²) >= 11 is 0. The van der Waals surface area contributed by atoms with Crippen LogP contribution >= 0.6 is 0 Å². The van der Waals surface area contributed by atoms with Gasteiger partial charge in [0.2, 0.25) is 0 Å². The van der Waals surface area contributed by atoms with E-state index in [4.69, 9.17) is 0 Å². The van der Waals surface area contributed by atoms with Crippen LogP contribution in [-0.4, -0.2) is 20.8 Å². The second-order valence-electron chi connectivity index (χ2n) is 4.04. The number of rotatable bonds is 4. The molecule has 1 N–H and O–H groups in total. The fraction of sp³-hybridized carbons (Fsp3) is 0.417. The maximum Gasteiger partial charge on any atom is 0.263 e. The van der Waals surface area contributed by atoms with Gasteiger partial charge in [-0.2, -0.15) is 0 Å². The Hall–Kier alpha value is -1.36. The molecule has 1 aromatic carbocycles. The van der Waals surface area contributed by atoms with Crippen molar-refractivity contribution in [3.05, 3.63) is 29.8 Å². The summed E-state index contributed by atoms with van der Waals surface area (Å²) in [6.07, 6.45) is 3.24. The van der Waals surface area contributed by atoms with E-state index >= 15 is 0 Å². The highest BCUT2D eigenvalue weighted by Crippen LogP contribution is 2.22. The van der Waals surface area contributed by atoms with E-state index in [1.807, 2.05) is 6.07 Å². The molecular weight excluding hydrogens is 236 g/mol. The van der Waals surface area contributed by atoms with Crippen molar-refractivity contribution in [3.63, 3.8) is 0 Å². The predicted molar refractivity (Wildman–Crippen MR) is 67.7 cm³/mol. The molecule has 0 saturated heterocycles. The van der Waals surface area contributed by atoms with Crippen LogP contribution in [0.25, 0.3) is 0 Å². The van der Waals surface area contributed by atoms with Crippen LogP contribution < -0.4 is 4.72 Å². The second-order valence-corrected chi connectivity index (χ2v) is 5.69. The zero-order chi connectivity index (χ0) is 12.3. The Balaban J connectivity index is 2.23. The molecule has 1 aromatic rings. The number of hydrogen-bond donors (Lipinski definition) is 1. The summed E-state index contributed by atoms with van der Waals surface area (Å²) in [4.78, 5) is 4.65. The summed E-state index contributed by atoms with van der Waals surface area (Å²) in [7, 11) is -3.38. The Bertz CT molecular complexity index is 535. The van der Waals surface area contributed by atoms with Gasteiger partial charge in [-0.25, -0.2) is 8.42 Å². The molecule has 0 atom stereocenters. The molecule has 0 saturated carbocycles. The molecule has 0 fully saturated rings. The van der Waals surface area contributed by atoms with Crippen molar-refractivity contribution in [1.29, 1.82) is 0 Å². The average molecular weight is 252 g/mol. The standard InChI is InChI=1S/C12H16N2O2S/c1-2-3-6-9-13-12-10-7-4-5-8-11(10)17(15,16)14-12/h4-5,7-8H,2-3,6,9H2,1H3,(H,13,14). The number of nitrogens with one attached hydrogen (secondary N) is 1. The van der Waals surface area contributed by atoms with E-state index in [0.717, 1.165) is 19.3 Å². The lowest BCUT2D eigenvalue weighted by Gasteiger charge is -1.98. The summed E-state index contributed by atoms with van der Waals surface area (Å²) < 4.78 is 26.0. The highest BCUT2D eigenvalue weighted by Gasteiger charge is 2.29. The van der Waals surface area contributed by atoms with Crippen molar-refractivity contribution in [2.75, 3.05) is 6.54 Å². The number of nitrogens with zero attached hydrogens (tertiary/aromatic N) is 1. The van der Waals surface area contributed by atoms with Crippen molar-refractivity contribution < 1.29 is 8.42 Å². The molecule has 1 aliphatic heterocycles. The van der Waals surface area contributed by atoms with E-state index in [-0.39, 0.29) is 0 Å². The van der Waals surface area contributed by atoms with Crippen molar-refractivity contribution >= 4 is 15.9 Å². The first kappa shape index (κ1) is 12.1. The largest absolute Gasteiger partial charge is 0.267 e. The minimum atomic E-state index is -3.38. The monoisotopic (exact) mass is 252 g/mol. The van der Waals surface area contributed by atoms with Crippen molar-refractivity contribution in [3.8, 4) is 0 Å². The number of benzene rings is 1. The van der Waals surface area contributed by atoms with Gasteiger partial charge in [-0.15, -0.1) is 0 Å². The van der Waals surface area contributed by atoms with Crippen LogP contribution in [0.4, 0.5) is 0 Å². The predicted octanol–water partition coefficient (Wildman–Crippen LogP) is 1.92. The fourth-order valence-corrected chi connectivity index (χ4v) is 3.05. The Morgan fingerprint density at radius 2 is 2.00 bits per heavy atom. The van der Waals surface area contributed by atoms with Crippen LogP contribution in [0, 0.1) is 0 Å². The van der Waals surface area contributed by atoms with Gasteiger partial charge in [-0.05, 0) is 18.6 Å². The smallest absolute Gasteiger partial charge is 0.263 e. The summed E-state index contributed by atoms with van der Waals surface area (Å²) in [5, 5.41) is 0.